The van der Waals surface area contributed by atoms with Gasteiger partial charge in [0.1, 0.15) is 5.82 Å². The first-order valence-electron chi connectivity index (χ1n) is 5.94. The number of nitrogens with one attached hydrogen (secondary N) is 2. The van der Waals surface area contributed by atoms with Crippen molar-refractivity contribution >= 4 is 11.8 Å². The summed E-state index contributed by atoms with van der Waals surface area (Å²) in [5, 5.41) is 5.51. The van der Waals surface area contributed by atoms with Crippen LogP contribution in [0.25, 0.3) is 0 Å². The molecule has 0 amide bonds. The fourth-order valence-corrected chi connectivity index (χ4v) is 1.22. The van der Waals surface area contributed by atoms with Gasteiger partial charge in [0, 0.05) is 19.2 Å². The zero-order valence-electron chi connectivity index (χ0n) is 11.7. The maximum absolute atomic E-state index is 12.7. The summed E-state index contributed by atoms with van der Waals surface area (Å²) in [6.45, 7) is 7.88. The van der Waals surface area contributed by atoms with Crippen LogP contribution >= 0.6 is 0 Å². The van der Waals surface area contributed by atoms with Crippen LogP contribution in [0.5, 0.6) is 0 Å². The summed E-state index contributed by atoms with van der Waals surface area (Å²) in [5.41, 5.74) is -1.06. The Morgan fingerprint density at radius 1 is 1.16 bits per heavy atom. The Morgan fingerprint density at radius 3 is 2.16 bits per heavy atom. The molecule has 1 aromatic rings. The Hall–Kier alpha value is -1.53. The molecule has 1 atom stereocenters. The van der Waals surface area contributed by atoms with Gasteiger partial charge in [0.05, 0.1) is 0 Å². The molecule has 0 spiro atoms. The fraction of sp³-hybridized carbons (Fsp3) is 0.667. The van der Waals surface area contributed by atoms with E-state index >= 15 is 0 Å². The normalized spacial score (nSPS) is 14.1. The summed E-state index contributed by atoms with van der Waals surface area (Å²) in [4.78, 5) is 7.39. The molecule has 7 heteroatoms. The Morgan fingerprint density at radius 2 is 1.74 bits per heavy atom. The molecule has 1 aromatic heterocycles. The summed E-state index contributed by atoms with van der Waals surface area (Å²) in [6, 6.07) is 0.886. The lowest BCUT2D eigenvalue weighted by Crippen LogP contribution is -2.31. The predicted molar refractivity (Wildman–Crippen MR) is 69.1 cm³/mol. The molecule has 19 heavy (non-hydrogen) atoms. The van der Waals surface area contributed by atoms with E-state index in [1.54, 1.807) is 0 Å². The lowest BCUT2D eigenvalue weighted by atomic mass is 9.88. The lowest BCUT2D eigenvalue weighted by Gasteiger charge is -2.28. The van der Waals surface area contributed by atoms with Crippen LogP contribution in [0.3, 0.4) is 0 Å². The van der Waals surface area contributed by atoms with Gasteiger partial charge in [-0.05, 0) is 12.3 Å². The molecule has 0 saturated heterocycles. The first kappa shape index (κ1) is 15.5. The van der Waals surface area contributed by atoms with Crippen molar-refractivity contribution in [3.8, 4) is 0 Å². The third-order valence-corrected chi connectivity index (χ3v) is 2.90. The first-order valence-corrected chi connectivity index (χ1v) is 5.94. The molecule has 108 valence electrons. The smallest absolute Gasteiger partial charge is 0.367 e. The topological polar surface area (TPSA) is 49.8 Å². The first-order chi connectivity index (χ1) is 8.54. The number of hydrogen-bond acceptors (Lipinski definition) is 4. The Balaban J connectivity index is 3.08. The van der Waals surface area contributed by atoms with Crippen molar-refractivity contribution in [1.82, 2.24) is 9.97 Å². The second kappa shape index (κ2) is 5.22. The molecule has 0 aliphatic rings. The van der Waals surface area contributed by atoms with E-state index in [0.717, 1.165) is 6.07 Å². The van der Waals surface area contributed by atoms with Gasteiger partial charge in [-0.25, -0.2) is 4.98 Å². The maximum atomic E-state index is 12.7. The Kier molecular flexibility index (Phi) is 4.27. The number of halogens is 3. The van der Waals surface area contributed by atoms with E-state index in [1.165, 1.54) is 7.05 Å². The van der Waals surface area contributed by atoms with Crippen molar-refractivity contribution < 1.29 is 13.2 Å². The number of nitrogens with zero attached hydrogens (tertiary/aromatic N) is 2. The van der Waals surface area contributed by atoms with E-state index < -0.39 is 11.9 Å². The molecular weight excluding hydrogens is 257 g/mol. The molecular formula is C12H19F3N4. The van der Waals surface area contributed by atoms with Crippen LogP contribution in [-0.4, -0.2) is 23.1 Å². The van der Waals surface area contributed by atoms with Gasteiger partial charge in [-0.3, -0.25) is 0 Å². The highest BCUT2D eigenvalue weighted by molar-refractivity contribution is 5.43. The van der Waals surface area contributed by atoms with Gasteiger partial charge in [0.2, 0.25) is 5.95 Å². The molecule has 1 unspecified atom stereocenters. The minimum atomic E-state index is -4.49. The zero-order chi connectivity index (χ0) is 14.8. The lowest BCUT2D eigenvalue weighted by molar-refractivity contribution is -0.141. The summed E-state index contributed by atoms with van der Waals surface area (Å²) in [5.74, 6) is 0.104. The Bertz CT molecular complexity index is 438. The van der Waals surface area contributed by atoms with Crippen molar-refractivity contribution in [2.45, 2.75) is 39.9 Å². The monoisotopic (exact) mass is 276 g/mol. The van der Waals surface area contributed by atoms with Crippen molar-refractivity contribution in [3.05, 3.63) is 11.8 Å². The molecule has 2 N–H and O–H groups in total. The van der Waals surface area contributed by atoms with E-state index in [-0.39, 0.29) is 23.2 Å². The third-order valence-electron chi connectivity index (χ3n) is 2.90. The molecule has 0 bridgehead atoms. The highest BCUT2D eigenvalue weighted by Gasteiger charge is 2.34. The minimum Gasteiger partial charge on any atom is -0.367 e. The quantitative estimate of drug-likeness (QED) is 0.888. The van der Waals surface area contributed by atoms with E-state index in [0.29, 0.717) is 0 Å². The number of rotatable bonds is 3. The highest BCUT2D eigenvalue weighted by Crippen LogP contribution is 2.30. The summed E-state index contributed by atoms with van der Waals surface area (Å²) >= 11 is 0. The maximum Gasteiger partial charge on any atom is 0.433 e. The second-order valence-corrected chi connectivity index (χ2v) is 5.44. The van der Waals surface area contributed by atoms with E-state index in [2.05, 4.69) is 20.6 Å². The van der Waals surface area contributed by atoms with Gasteiger partial charge < -0.3 is 10.6 Å². The summed E-state index contributed by atoms with van der Waals surface area (Å²) < 4.78 is 38.1. The molecule has 0 aliphatic carbocycles. The van der Waals surface area contributed by atoms with Crippen LogP contribution in [0.1, 0.15) is 33.4 Å². The molecule has 0 radical (unpaired) electrons. The van der Waals surface area contributed by atoms with Crippen molar-refractivity contribution in [2.75, 3.05) is 17.7 Å². The van der Waals surface area contributed by atoms with Gasteiger partial charge >= 0.3 is 6.18 Å². The van der Waals surface area contributed by atoms with Crippen LogP contribution in [-0.2, 0) is 6.18 Å². The standard InChI is InChI=1S/C12H19F3N4/c1-7(11(2,3)4)17-9-6-8(12(13,14)15)18-10(16-5)19-9/h6-7H,1-5H3,(H2,16,17,18,19). The van der Waals surface area contributed by atoms with E-state index in [4.69, 9.17) is 0 Å². The SMILES string of the molecule is CNc1nc(NC(C)C(C)(C)C)cc(C(F)(F)F)n1. The summed E-state index contributed by atoms with van der Waals surface area (Å²) in [7, 11) is 1.48. The number of aromatic nitrogens is 2. The van der Waals surface area contributed by atoms with Gasteiger partial charge in [0.15, 0.2) is 5.69 Å². The van der Waals surface area contributed by atoms with Crippen molar-refractivity contribution in [3.63, 3.8) is 0 Å². The number of alkyl halides is 3. The van der Waals surface area contributed by atoms with E-state index in [1.807, 2.05) is 27.7 Å². The van der Waals surface area contributed by atoms with Gasteiger partial charge in [-0.1, -0.05) is 20.8 Å². The van der Waals surface area contributed by atoms with Crippen LogP contribution in [0.2, 0.25) is 0 Å². The Labute approximate surface area is 110 Å². The molecule has 0 fully saturated rings. The molecule has 4 nitrogen and oxygen atoms in total. The van der Waals surface area contributed by atoms with Crippen molar-refractivity contribution in [2.24, 2.45) is 5.41 Å². The summed E-state index contributed by atoms with van der Waals surface area (Å²) in [6.07, 6.45) is -4.49. The van der Waals surface area contributed by atoms with Crippen LogP contribution < -0.4 is 10.6 Å². The van der Waals surface area contributed by atoms with Gasteiger partial charge in [-0.15, -0.1) is 0 Å². The molecule has 0 aromatic carbocycles. The highest BCUT2D eigenvalue weighted by atomic mass is 19.4. The molecule has 1 heterocycles. The minimum absolute atomic E-state index is 0.0341. The molecule has 0 saturated carbocycles. The van der Waals surface area contributed by atoms with Crippen LogP contribution in [0.15, 0.2) is 6.07 Å². The van der Waals surface area contributed by atoms with Crippen LogP contribution in [0, 0.1) is 5.41 Å². The predicted octanol–water partition coefficient (Wildman–Crippen LogP) is 3.38. The third kappa shape index (κ3) is 4.25. The van der Waals surface area contributed by atoms with E-state index in [9.17, 15) is 13.2 Å². The zero-order valence-corrected chi connectivity index (χ0v) is 11.7. The number of hydrogen-bond donors (Lipinski definition) is 2. The van der Waals surface area contributed by atoms with Crippen molar-refractivity contribution in [1.29, 1.82) is 0 Å². The molecule has 0 aliphatic heterocycles. The fourth-order valence-electron chi connectivity index (χ4n) is 1.22. The van der Waals surface area contributed by atoms with Gasteiger partial charge in [0.25, 0.3) is 0 Å². The largest absolute Gasteiger partial charge is 0.433 e. The van der Waals surface area contributed by atoms with Crippen LogP contribution in [0.4, 0.5) is 24.9 Å². The average Bonchev–Trinajstić information content (AvgIpc) is 2.26. The molecule has 1 rings (SSSR count). The average molecular weight is 276 g/mol. The van der Waals surface area contributed by atoms with Gasteiger partial charge in [-0.2, -0.15) is 18.2 Å². The second-order valence-electron chi connectivity index (χ2n) is 5.44. The number of anilines is 2.